The maximum Gasteiger partial charge on any atom is 0.301 e. The molecule has 1 atom stereocenters. The molecule has 1 aliphatic rings. The van der Waals surface area contributed by atoms with Gasteiger partial charge in [0, 0.05) is 11.3 Å². The van der Waals surface area contributed by atoms with Crippen LogP contribution in [-0.2, 0) is 21.9 Å². The number of amides is 1. The van der Waals surface area contributed by atoms with Crippen LogP contribution in [0.5, 0.6) is 11.5 Å². The molecule has 1 aromatic heterocycles. The van der Waals surface area contributed by atoms with Gasteiger partial charge in [-0.15, -0.1) is 10.2 Å². The number of anilines is 1. The number of carbonyl (C=O) groups is 2. The van der Waals surface area contributed by atoms with Gasteiger partial charge >= 0.3 is 5.91 Å². The van der Waals surface area contributed by atoms with Gasteiger partial charge in [0.15, 0.2) is 4.34 Å². The Kier molecular flexibility index (Phi) is 9.99. The first-order valence-corrected chi connectivity index (χ1v) is 17.0. The zero-order valence-electron chi connectivity index (χ0n) is 26.0. The molecule has 0 radical (unpaired) electrons. The lowest BCUT2D eigenvalue weighted by Gasteiger charge is -2.22. The summed E-state index contributed by atoms with van der Waals surface area (Å²) >= 11 is 2.73. The molecule has 8 nitrogen and oxygen atoms in total. The number of ketones is 1. The molecule has 6 rings (SSSR count). The van der Waals surface area contributed by atoms with E-state index in [-0.39, 0.29) is 16.5 Å². The summed E-state index contributed by atoms with van der Waals surface area (Å²) < 4.78 is 12.4. The third-order valence-electron chi connectivity index (χ3n) is 7.54. The minimum atomic E-state index is -0.924. The quantitative estimate of drug-likeness (QED) is 0.0470. The minimum Gasteiger partial charge on any atom is -0.507 e. The van der Waals surface area contributed by atoms with E-state index in [9.17, 15) is 14.7 Å². The third-order valence-corrected chi connectivity index (χ3v) is 9.66. The fraction of sp³-hybridized carbons (Fsp3) is 0.189. The van der Waals surface area contributed by atoms with Crippen LogP contribution in [0.3, 0.4) is 0 Å². The van der Waals surface area contributed by atoms with Crippen LogP contribution in [0.25, 0.3) is 5.76 Å². The predicted octanol–water partition coefficient (Wildman–Crippen LogP) is 8.13. The number of rotatable bonds is 12. The molecule has 0 spiro atoms. The van der Waals surface area contributed by atoms with Gasteiger partial charge in [0.1, 0.15) is 23.9 Å². The molecule has 1 N–H and O–H groups in total. The Morgan fingerprint density at radius 3 is 2.30 bits per heavy atom. The molecule has 10 heteroatoms. The molecular weight excluding hydrogens is 631 g/mol. The van der Waals surface area contributed by atoms with Gasteiger partial charge in [-0.2, -0.15) is 0 Å². The number of benzene rings is 4. The molecule has 1 fully saturated rings. The Morgan fingerprint density at radius 1 is 0.872 bits per heavy atom. The van der Waals surface area contributed by atoms with Crippen molar-refractivity contribution in [2.24, 2.45) is 0 Å². The average Bonchev–Trinajstić information content (AvgIpc) is 3.67. The number of hydrogen-bond donors (Lipinski definition) is 1. The number of aryl methyl sites for hydroxylation is 1. The molecule has 0 aliphatic carbocycles. The highest BCUT2D eigenvalue weighted by atomic mass is 32.2. The van der Waals surface area contributed by atoms with Crippen LogP contribution in [0.2, 0.25) is 0 Å². The molecule has 0 bridgehead atoms. The van der Waals surface area contributed by atoms with E-state index in [0.717, 1.165) is 23.1 Å². The molecule has 0 saturated carbocycles. The molecule has 2 heterocycles. The Labute approximate surface area is 281 Å². The van der Waals surface area contributed by atoms with Crippen LogP contribution in [0, 0.1) is 6.92 Å². The van der Waals surface area contributed by atoms with Gasteiger partial charge in [0.05, 0.1) is 18.2 Å². The van der Waals surface area contributed by atoms with Crippen LogP contribution in [-0.4, -0.2) is 33.6 Å². The summed E-state index contributed by atoms with van der Waals surface area (Å²) in [5.74, 6) is 0.0998. The van der Waals surface area contributed by atoms with Gasteiger partial charge in [-0.25, -0.2) is 0 Å². The number of carbonyl (C=O) groups excluding carboxylic acids is 2. The van der Waals surface area contributed by atoms with Crippen molar-refractivity contribution in [3.63, 3.8) is 0 Å². The average molecular weight is 664 g/mol. The zero-order valence-corrected chi connectivity index (χ0v) is 27.6. The third kappa shape index (κ3) is 7.40. The Hall–Kier alpha value is -4.93. The summed E-state index contributed by atoms with van der Waals surface area (Å²) in [7, 11) is 0. The van der Waals surface area contributed by atoms with E-state index in [1.165, 1.54) is 28.0 Å². The number of Topliss-reactive ketones (excluding diaryl/α,β-unsaturated/α-hetero) is 1. The van der Waals surface area contributed by atoms with Gasteiger partial charge in [-0.3, -0.25) is 14.5 Å². The monoisotopic (exact) mass is 663 g/mol. The van der Waals surface area contributed by atoms with Crippen molar-refractivity contribution in [3.05, 3.63) is 137 Å². The van der Waals surface area contributed by atoms with E-state index in [4.69, 9.17) is 9.47 Å². The van der Waals surface area contributed by atoms with Gasteiger partial charge in [0.2, 0.25) is 5.13 Å². The zero-order chi connectivity index (χ0) is 32.8. The van der Waals surface area contributed by atoms with Gasteiger partial charge in [0.25, 0.3) is 5.78 Å². The topological polar surface area (TPSA) is 102 Å². The second-order valence-electron chi connectivity index (χ2n) is 11.0. The SMILES string of the molecule is CCCOc1ccc(C2/C(=C(\O)c3ccc(OCc4cccc(C)c4)cc3)C(=O)C(=O)N2c2nnc(SCc3ccccc3)s2)cc1. The fourth-order valence-electron chi connectivity index (χ4n) is 5.22. The van der Waals surface area contributed by atoms with Crippen molar-refractivity contribution in [1.29, 1.82) is 0 Å². The summed E-state index contributed by atoms with van der Waals surface area (Å²) in [5, 5.41) is 20.5. The van der Waals surface area contributed by atoms with E-state index in [2.05, 4.69) is 16.3 Å². The van der Waals surface area contributed by atoms with Crippen molar-refractivity contribution >= 4 is 45.7 Å². The maximum atomic E-state index is 13.7. The summed E-state index contributed by atoms with van der Waals surface area (Å²) in [5.41, 5.74) is 4.31. The first kappa shape index (κ1) is 32.0. The van der Waals surface area contributed by atoms with Gasteiger partial charge in [-0.1, -0.05) is 102 Å². The molecule has 4 aromatic carbocycles. The number of aliphatic hydroxyl groups is 1. The Bertz CT molecular complexity index is 1890. The smallest absolute Gasteiger partial charge is 0.301 e. The first-order chi connectivity index (χ1) is 22.9. The molecule has 1 aliphatic heterocycles. The normalized spacial score (nSPS) is 15.6. The maximum absolute atomic E-state index is 13.7. The van der Waals surface area contributed by atoms with E-state index in [1.807, 2.05) is 62.4 Å². The summed E-state index contributed by atoms with van der Waals surface area (Å²) in [6, 6.07) is 31.2. The van der Waals surface area contributed by atoms with Crippen molar-refractivity contribution in [1.82, 2.24) is 10.2 Å². The molecule has 238 valence electrons. The Balaban J connectivity index is 1.31. The molecule has 1 unspecified atom stereocenters. The number of thioether (sulfide) groups is 1. The Morgan fingerprint density at radius 2 is 1.57 bits per heavy atom. The van der Waals surface area contributed by atoms with Crippen molar-refractivity contribution in [3.8, 4) is 11.5 Å². The molecule has 47 heavy (non-hydrogen) atoms. The lowest BCUT2D eigenvalue weighted by Crippen LogP contribution is -2.29. The number of ether oxygens (including phenoxy) is 2. The molecule has 1 amide bonds. The standard InChI is InChI=1S/C37H33N3O5S2/c1-3-20-44-29-16-12-27(13-17-29)32-31(33(41)28-14-18-30(19-15-28)45-22-26-11-7-8-24(2)21-26)34(42)35(43)40(32)36-38-39-37(47-36)46-23-25-9-5-4-6-10-25/h4-19,21,32,41H,3,20,22-23H2,1-2H3/b33-31+. The highest BCUT2D eigenvalue weighted by Gasteiger charge is 2.48. The lowest BCUT2D eigenvalue weighted by atomic mass is 9.95. The fourth-order valence-corrected chi connectivity index (χ4v) is 7.05. The van der Waals surface area contributed by atoms with Crippen LogP contribution in [0.4, 0.5) is 5.13 Å². The molecular formula is C37H33N3O5S2. The molecule has 1 saturated heterocycles. The van der Waals surface area contributed by atoms with Crippen LogP contribution >= 0.6 is 23.1 Å². The molecule has 5 aromatic rings. The van der Waals surface area contributed by atoms with Crippen LogP contribution in [0.15, 0.2) is 113 Å². The summed E-state index contributed by atoms with van der Waals surface area (Å²) in [4.78, 5) is 28.6. The largest absolute Gasteiger partial charge is 0.507 e. The highest BCUT2D eigenvalue weighted by molar-refractivity contribution is 8.00. The number of aromatic nitrogens is 2. The second-order valence-corrected chi connectivity index (χ2v) is 13.2. The predicted molar refractivity (Wildman–Crippen MR) is 185 cm³/mol. The summed E-state index contributed by atoms with van der Waals surface area (Å²) in [6.07, 6.45) is 0.860. The van der Waals surface area contributed by atoms with Crippen LogP contribution in [0.1, 0.15) is 47.2 Å². The second kappa shape index (κ2) is 14.7. The summed E-state index contributed by atoms with van der Waals surface area (Å²) in [6.45, 7) is 5.01. The number of aliphatic hydroxyl groups excluding tert-OH is 1. The number of nitrogens with zero attached hydrogens (tertiary/aromatic N) is 3. The van der Waals surface area contributed by atoms with Crippen molar-refractivity contribution in [2.75, 3.05) is 11.5 Å². The van der Waals surface area contributed by atoms with E-state index < -0.39 is 17.7 Å². The first-order valence-electron chi connectivity index (χ1n) is 15.2. The van der Waals surface area contributed by atoms with E-state index >= 15 is 0 Å². The van der Waals surface area contributed by atoms with Crippen molar-refractivity contribution < 1.29 is 24.2 Å². The van der Waals surface area contributed by atoms with Crippen LogP contribution < -0.4 is 14.4 Å². The van der Waals surface area contributed by atoms with E-state index in [1.54, 1.807) is 48.5 Å². The van der Waals surface area contributed by atoms with Gasteiger partial charge < -0.3 is 14.6 Å². The lowest BCUT2D eigenvalue weighted by molar-refractivity contribution is -0.132. The van der Waals surface area contributed by atoms with Crippen molar-refractivity contribution in [2.45, 2.75) is 43.0 Å². The minimum absolute atomic E-state index is 0.0284. The highest BCUT2D eigenvalue weighted by Crippen LogP contribution is 2.44. The van der Waals surface area contributed by atoms with Gasteiger partial charge in [-0.05, 0) is 66.4 Å². The number of hydrogen-bond acceptors (Lipinski definition) is 9. The van der Waals surface area contributed by atoms with E-state index in [0.29, 0.717) is 45.9 Å².